The highest BCUT2D eigenvalue weighted by Gasteiger charge is 2.54. The van der Waals surface area contributed by atoms with E-state index in [0.717, 1.165) is 12.8 Å². The van der Waals surface area contributed by atoms with Crippen molar-refractivity contribution in [2.75, 3.05) is 26.2 Å². The Morgan fingerprint density at radius 3 is 2.31 bits per heavy atom. The molecule has 3 saturated heterocycles. The molecule has 0 aromatic rings. The number of nitrogens with zero attached hydrogens (tertiary/aromatic N) is 3. The SMILES string of the molecule is CC(C)CC(=O)N1CCCC(N2C(=O)NC3(CCN(C(=O)C(C)C)CC3)C2=O)C1. The Bertz CT molecular complexity index is 682. The molecule has 0 aliphatic carbocycles. The third-order valence-corrected chi connectivity index (χ3v) is 6.31. The van der Waals surface area contributed by atoms with E-state index >= 15 is 0 Å². The number of hydrogen-bond donors (Lipinski definition) is 1. The molecule has 1 atom stereocenters. The summed E-state index contributed by atoms with van der Waals surface area (Å²) in [6.45, 7) is 9.80. The van der Waals surface area contributed by atoms with Gasteiger partial charge >= 0.3 is 6.03 Å². The van der Waals surface area contributed by atoms with Gasteiger partial charge in [0, 0.05) is 38.5 Å². The number of nitrogens with one attached hydrogen (secondary N) is 1. The van der Waals surface area contributed by atoms with Crippen molar-refractivity contribution in [3.05, 3.63) is 0 Å². The van der Waals surface area contributed by atoms with Gasteiger partial charge in [-0.2, -0.15) is 0 Å². The van der Waals surface area contributed by atoms with Gasteiger partial charge in [0.2, 0.25) is 11.8 Å². The van der Waals surface area contributed by atoms with Crippen molar-refractivity contribution in [3.63, 3.8) is 0 Å². The van der Waals surface area contributed by atoms with Crippen molar-refractivity contribution in [3.8, 4) is 0 Å². The van der Waals surface area contributed by atoms with Crippen LogP contribution >= 0.6 is 0 Å². The Morgan fingerprint density at radius 2 is 1.72 bits per heavy atom. The number of urea groups is 1. The van der Waals surface area contributed by atoms with Gasteiger partial charge in [0.15, 0.2) is 0 Å². The lowest BCUT2D eigenvalue weighted by atomic mass is 9.86. The summed E-state index contributed by atoms with van der Waals surface area (Å²) >= 11 is 0. The van der Waals surface area contributed by atoms with Crippen molar-refractivity contribution < 1.29 is 19.2 Å². The van der Waals surface area contributed by atoms with Crippen molar-refractivity contribution >= 4 is 23.8 Å². The largest absolute Gasteiger partial charge is 0.342 e. The Balaban J connectivity index is 1.66. The monoisotopic (exact) mass is 406 g/mol. The van der Waals surface area contributed by atoms with Gasteiger partial charge in [0.1, 0.15) is 5.54 Å². The molecule has 162 valence electrons. The molecule has 1 N–H and O–H groups in total. The molecule has 1 unspecified atom stereocenters. The predicted molar refractivity (Wildman–Crippen MR) is 108 cm³/mol. The molecular weight excluding hydrogens is 372 g/mol. The van der Waals surface area contributed by atoms with Gasteiger partial charge < -0.3 is 15.1 Å². The fraction of sp³-hybridized carbons (Fsp3) is 0.810. The maximum absolute atomic E-state index is 13.3. The number of likely N-dealkylation sites (tertiary alicyclic amines) is 2. The first-order valence-corrected chi connectivity index (χ1v) is 10.9. The second-order valence-corrected chi connectivity index (χ2v) is 9.40. The van der Waals surface area contributed by atoms with E-state index in [2.05, 4.69) is 5.32 Å². The van der Waals surface area contributed by atoms with Crippen LogP contribution in [0.1, 0.15) is 59.8 Å². The van der Waals surface area contributed by atoms with Gasteiger partial charge in [-0.25, -0.2) is 4.79 Å². The number of carbonyl (C=O) groups is 4. The lowest BCUT2D eigenvalue weighted by Crippen LogP contribution is -2.57. The van der Waals surface area contributed by atoms with Crippen LogP contribution in [0.25, 0.3) is 0 Å². The molecule has 1 spiro atoms. The van der Waals surface area contributed by atoms with Gasteiger partial charge in [-0.3, -0.25) is 19.3 Å². The van der Waals surface area contributed by atoms with Crippen LogP contribution in [0.5, 0.6) is 0 Å². The van der Waals surface area contributed by atoms with Crippen LogP contribution in [-0.2, 0) is 14.4 Å². The van der Waals surface area contributed by atoms with E-state index in [1.54, 1.807) is 9.80 Å². The molecule has 0 bridgehead atoms. The second kappa shape index (κ2) is 8.32. The van der Waals surface area contributed by atoms with Crippen LogP contribution in [0.15, 0.2) is 0 Å². The molecule has 5 amide bonds. The molecule has 0 saturated carbocycles. The normalized spacial score (nSPS) is 24.6. The average Bonchev–Trinajstić information content (AvgIpc) is 2.91. The fourth-order valence-electron chi connectivity index (χ4n) is 4.66. The summed E-state index contributed by atoms with van der Waals surface area (Å²) in [6, 6.07) is -0.635. The quantitative estimate of drug-likeness (QED) is 0.718. The summed E-state index contributed by atoms with van der Waals surface area (Å²) in [7, 11) is 0. The first-order chi connectivity index (χ1) is 13.6. The Labute approximate surface area is 172 Å². The van der Waals surface area contributed by atoms with Crippen molar-refractivity contribution in [1.82, 2.24) is 20.0 Å². The highest BCUT2D eigenvalue weighted by Crippen LogP contribution is 2.33. The molecule has 3 aliphatic heterocycles. The number of imide groups is 1. The minimum absolute atomic E-state index is 0.0778. The maximum Gasteiger partial charge on any atom is 0.325 e. The minimum Gasteiger partial charge on any atom is -0.342 e. The standard InChI is InChI=1S/C21H34N4O4/c1-14(2)12-17(26)24-9-5-6-16(13-24)25-19(28)21(22-20(25)29)7-10-23(11-8-21)18(27)15(3)4/h14-16H,5-13H2,1-4H3,(H,22,29). The minimum atomic E-state index is -0.908. The lowest BCUT2D eigenvalue weighted by Gasteiger charge is -2.39. The number of amides is 5. The summed E-state index contributed by atoms with van der Waals surface area (Å²) in [6.07, 6.45) is 2.87. The van der Waals surface area contributed by atoms with Gasteiger partial charge in [-0.15, -0.1) is 0 Å². The van der Waals surface area contributed by atoms with E-state index in [1.807, 2.05) is 27.7 Å². The highest BCUT2D eigenvalue weighted by atomic mass is 16.2. The zero-order valence-corrected chi connectivity index (χ0v) is 18.1. The molecular formula is C21H34N4O4. The number of carbonyl (C=O) groups excluding carboxylic acids is 4. The molecule has 0 radical (unpaired) electrons. The fourth-order valence-corrected chi connectivity index (χ4v) is 4.66. The lowest BCUT2D eigenvalue weighted by molar-refractivity contribution is -0.142. The Morgan fingerprint density at radius 1 is 1.07 bits per heavy atom. The van der Waals surface area contributed by atoms with Gasteiger partial charge in [0.05, 0.1) is 6.04 Å². The molecule has 0 aromatic carbocycles. The molecule has 29 heavy (non-hydrogen) atoms. The van der Waals surface area contributed by atoms with Crippen molar-refractivity contribution in [2.24, 2.45) is 11.8 Å². The Kier molecular flexibility index (Phi) is 6.19. The molecule has 3 aliphatic rings. The average molecular weight is 407 g/mol. The Hall–Kier alpha value is -2.12. The smallest absolute Gasteiger partial charge is 0.325 e. The zero-order valence-electron chi connectivity index (χ0n) is 18.1. The maximum atomic E-state index is 13.3. The van der Waals surface area contributed by atoms with Crippen LogP contribution in [0.4, 0.5) is 4.79 Å². The van der Waals surface area contributed by atoms with Crippen LogP contribution in [0.3, 0.4) is 0 Å². The number of rotatable bonds is 4. The molecule has 3 heterocycles. The summed E-state index contributed by atoms with van der Waals surface area (Å²) in [5, 5.41) is 2.93. The first kappa shape index (κ1) is 21.6. The van der Waals surface area contributed by atoms with Crippen molar-refractivity contribution in [2.45, 2.75) is 71.4 Å². The van der Waals surface area contributed by atoms with E-state index in [0.29, 0.717) is 45.4 Å². The highest BCUT2D eigenvalue weighted by molar-refractivity contribution is 6.07. The predicted octanol–water partition coefficient (Wildman–Crippen LogP) is 1.59. The number of piperidine rings is 2. The van der Waals surface area contributed by atoms with Crippen LogP contribution in [0, 0.1) is 11.8 Å². The molecule has 3 fully saturated rings. The molecule has 3 rings (SSSR count). The summed E-state index contributed by atoms with van der Waals surface area (Å²) in [4.78, 5) is 55.7. The van der Waals surface area contributed by atoms with Crippen molar-refractivity contribution in [1.29, 1.82) is 0 Å². The third kappa shape index (κ3) is 4.26. The zero-order chi connectivity index (χ0) is 21.3. The summed E-state index contributed by atoms with van der Waals surface area (Å²) < 4.78 is 0. The number of hydrogen-bond acceptors (Lipinski definition) is 4. The van der Waals surface area contributed by atoms with E-state index in [1.165, 1.54) is 4.90 Å². The van der Waals surface area contributed by atoms with Crippen LogP contribution < -0.4 is 5.32 Å². The van der Waals surface area contributed by atoms with E-state index < -0.39 is 5.54 Å². The summed E-state index contributed by atoms with van der Waals surface area (Å²) in [5.74, 6) is 0.182. The van der Waals surface area contributed by atoms with E-state index in [9.17, 15) is 19.2 Å². The molecule has 0 aromatic heterocycles. The topological polar surface area (TPSA) is 90.0 Å². The van der Waals surface area contributed by atoms with Crippen LogP contribution in [0.2, 0.25) is 0 Å². The molecule has 8 heteroatoms. The van der Waals surface area contributed by atoms with Gasteiger partial charge in [-0.1, -0.05) is 27.7 Å². The van der Waals surface area contributed by atoms with Gasteiger partial charge in [-0.05, 0) is 31.6 Å². The van der Waals surface area contributed by atoms with Crippen LogP contribution in [-0.4, -0.2) is 76.2 Å². The van der Waals surface area contributed by atoms with E-state index in [-0.39, 0.29) is 41.6 Å². The third-order valence-electron chi connectivity index (χ3n) is 6.31. The molecule has 8 nitrogen and oxygen atoms in total. The van der Waals surface area contributed by atoms with Gasteiger partial charge in [0.25, 0.3) is 5.91 Å². The first-order valence-electron chi connectivity index (χ1n) is 10.9. The van der Waals surface area contributed by atoms with E-state index in [4.69, 9.17) is 0 Å². The second-order valence-electron chi connectivity index (χ2n) is 9.40. The summed E-state index contributed by atoms with van der Waals surface area (Å²) in [5.41, 5.74) is -0.908.